The fourth-order valence-corrected chi connectivity index (χ4v) is 1.97. The fourth-order valence-electron chi connectivity index (χ4n) is 1.04. The van der Waals surface area contributed by atoms with Crippen LogP contribution >= 0.6 is 11.3 Å². The number of hydrogen-bond acceptors (Lipinski definition) is 5. The number of aliphatic hydroxyl groups is 1. The summed E-state index contributed by atoms with van der Waals surface area (Å²) in [6.45, 7) is 0.202. The molecular weight excluding hydrogens is 186 g/mol. The van der Waals surface area contributed by atoms with Crippen LogP contribution in [0.4, 0.5) is 0 Å². The van der Waals surface area contributed by atoms with Gasteiger partial charge in [0.15, 0.2) is 0 Å². The number of aromatic nitrogens is 2. The van der Waals surface area contributed by atoms with Gasteiger partial charge in [0.2, 0.25) is 0 Å². The first kappa shape index (κ1) is 8.55. The molecule has 2 aromatic heterocycles. The van der Waals surface area contributed by atoms with Gasteiger partial charge in [-0.3, -0.25) is 4.98 Å². The zero-order valence-electron chi connectivity index (χ0n) is 6.84. The highest BCUT2D eigenvalue weighted by molar-refractivity contribution is 7.18. The van der Waals surface area contributed by atoms with E-state index in [9.17, 15) is 5.11 Å². The van der Waals surface area contributed by atoms with Crippen LogP contribution in [0.2, 0.25) is 0 Å². The van der Waals surface area contributed by atoms with Crippen molar-refractivity contribution in [3.63, 3.8) is 0 Å². The number of nitrogens with zero attached hydrogens (tertiary/aromatic N) is 2. The fraction of sp³-hybridized carbons (Fsp3) is 0.250. The Morgan fingerprint density at radius 2 is 2.46 bits per heavy atom. The van der Waals surface area contributed by atoms with E-state index in [0.29, 0.717) is 5.01 Å². The van der Waals surface area contributed by atoms with Crippen molar-refractivity contribution in [2.45, 2.75) is 6.10 Å². The Morgan fingerprint density at radius 1 is 1.62 bits per heavy atom. The summed E-state index contributed by atoms with van der Waals surface area (Å²) in [6.07, 6.45) is 2.73. The molecule has 5 heteroatoms. The zero-order chi connectivity index (χ0) is 9.26. The van der Waals surface area contributed by atoms with Crippen molar-refractivity contribution in [2.75, 3.05) is 6.54 Å². The van der Waals surface area contributed by atoms with Crippen LogP contribution in [0, 0.1) is 0 Å². The Morgan fingerprint density at radius 3 is 3.15 bits per heavy atom. The smallest absolute Gasteiger partial charge is 0.124 e. The van der Waals surface area contributed by atoms with Gasteiger partial charge in [-0.1, -0.05) is 0 Å². The Labute approximate surface area is 79.1 Å². The van der Waals surface area contributed by atoms with Gasteiger partial charge < -0.3 is 10.8 Å². The summed E-state index contributed by atoms with van der Waals surface area (Å²) >= 11 is 1.45. The van der Waals surface area contributed by atoms with Crippen LogP contribution < -0.4 is 5.73 Å². The van der Waals surface area contributed by atoms with E-state index in [1.54, 1.807) is 12.4 Å². The topological polar surface area (TPSA) is 72.0 Å². The third-order valence-electron chi connectivity index (χ3n) is 1.71. The molecule has 0 spiro atoms. The largest absolute Gasteiger partial charge is 0.385 e. The van der Waals surface area contributed by atoms with Gasteiger partial charge in [0, 0.05) is 12.7 Å². The van der Waals surface area contributed by atoms with E-state index in [1.165, 1.54) is 11.3 Å². The number of thiazole rings is 1. The molecule has 0 aromatic carbocycles. The van der Waals surface area contributed by atoms with Gasteiger partial charge in [-0.05, 0) is 6.07 Å². The van der Waals surface area contributed by atoms with Crippen LogP contribution in [-0.2, 0) is 0 Å². The minimum atomic E-state index is -0.655. The summed E-state index contributed by atoms with van der Waals surface area (Å²) in [7, 11) is 0. The molecule has 0 fully saturated rings. The molecule has 0 bridgehead atoms. The average molecular weight is 195 g/mol. The molecule has 3 N–H and O–H groups in total. The predicted octanol–water partition coefficient (Wildman–Crippen LogP) is 0.683. The van der Waals surface area contributed by atoms with E-state index in [4.69, 9.17) is 5.73 Å². The maximum atomic E-state index is 9.43. The Bertz CT molecular complexity index is 381. The van der Waals surface area contributed by atoms with Gasteiger partial charge in [-0.2, -0.15) is 0 Å². The molecule has 13 heavy (non-hydrogen) atoms. The number of aliphatic hydroxyl groups excluding tert-OH is 1. The standard InChI is InChI=1S/C8H9N3OS/c9-3-6(12)8-11-5-4-10-2-1-7(5)13-8/h1-2,4,6,12H,3,9H2. The molecule has 1 unspecified atom stereocenters. The van der Waals surface area contributed by atoms with E-state index in [0.717, 1.165) is 10.2 Å². The highest BCUT2D eigenvalue weighted by atomic mass is 32.1. The Hall–Kier alpha value is -1.04. The first-order chi connectivity index (χ1) is 6.31. The molecule has 0 saturated carbocycles. The van der Waals surface area contributed by atoms with Crippen molar-refractivity contribution in [1.29, 1.82) is 0 Å². The Kier molecular flexibility index (Phi) is 2.22. The molecule has 0 aliphatic heterocycles. The molecule has 0 amide bonds. The molecule has 0 radical (unpaired) electrons. The minimum Gasteiger partial charge on any atom is -0.385 e. The first-order valence-corrected chi connectivity index (χ1v) is 4.71. The molecule has 4 nitrogen and oxygen atoms in total. The number of rotatable bonds is 2. The summed E-state index contributed by atoms with van der Waals surface area (Å²) in [5.74, 6) is 0. The van der Waals surface area contributed by atoms with Gasteiger partial charge in [0.05, 0.1) is 16.4 Å². The molecule has 68 valence electrons. The van der Waals surface area contributed by atoms with Crippen molar-refractivity contribution in [3.8, 4) is 0 Å². The number of nitrogens with two attached hydrogens (primary N) is 1. The van der Waals surface area contributed by atoms with Crippen molar-refractivity contribution >= 4 is 21.6 Å². The van der Waals surface area contributed by atoms with E-state index >= 15 is 0 Å². The lowest BCUT2D eigenvalue weighted by atomic mass is 10.4. The van der Waals surface area contributed by atoms with Crippen LogP contribution in [0.3, 0.4) is 0 Å². The van der Waals surface area contributed by atoms with Gasteiger partial charge in [-0.25, -0.2) is 4.98 Å². The lowest BCUT2D eigenvalue weighted by Gasteiger charge is -2.00. The molecule has 0 saturated heterocycles. The predicted molar refractivity (Wildman–Crippen MR) is 51.4 cm³/mol. The van der Waals surface area contributed by atoms with Crippen molar-refractivity contribution in [3.05, 3.63) is 23.5 Å². The molecule has 2 rings (SSSR count). The third kappa shape index (κ3) is 1.53. The van der Waals surface area contributed by atoms with Gasteiger partial charge in [0.25, 0.3) is 0 Å². The highest BCUT2D eigenvalue weighted by Gasteiger charge is 2.10. The summed E-state index contributed by atoms with van der Waals surface area (Å²) in [5, 5.41) is 10.1. The second kappa shape index (κ2) is 3.37. The van der Waals surface area contributed by atoms with Crippen LogP contribution in [0.25, 0.3) is 10.2 Å². The minimum absolute atomic E-state index is 0.202. The van der Waals surface area contributed by atoms with E-state index in [-0.39, 0.29) is 6.54 Å². The Balaban J connectivity index is 2.49. The maximum absolute atomic E-state index is 9.43. The van der Waals surface area contributed by atoms with Crippen molar-refractivity contribution in [2.24, 2.45) is 5.73 Å². The second-order valence-electron chi connectivity index (χ2n) is 2.65. The first-order valence-electron chi connectivity index (χ1n) is 3.90. The summed E-state index contributed by atoms with van der Waals surface area (Å²) < 4.78 is 1.03. The molecule has 0 aliphatic rings. The van der Waals surface area contributed by atoms with Crippen LogP contribution in [-0.4, -0.2) is 21.6 Å². The zero-order valence-corrected chi connectivity index (χ0v) is 7.66. The van der Waals surface area contributed by atoms with Crippen LogP contribution in [0.1, 0.15) is 11.1 Å². The number of hydrogen-bond donors (Lipinski definition) is 2. The van der Waals surface area contributed by atoms with E-state index in [2.05, 4.69) is 9.97 Å². The van der Waals surface area contributed by atoms with Crippen LogP contribution in [0.15, 0.2) is 18.5 Å². The summed E-state index contributed by atoms with van der Waals surface area (Å²) in [6, 6.07) is 1.87. The second-order valence-corrected chi connectivity index (χ2v) is 3.71. The average Bonchev–Trinajstić information content (AvgIpc) is 2.59. The third-order valence-corrected chi connectivity index (χ3v) is 2.85. The van der Waals surface area contributed by atoms with Gasteiger partial charge in [-0.15, -0.1) is 11.3 Å². The molecular formula is C8H9N3OS. The van der Waals surface area contributed by atoms with Crippen molar-refractivity contribution in [1.82, 2.24) is 9.97 Å². The van der Waals surface area contributed by atoms with Crippen molar-refractivity contribution < 1.29 is 5.11 Å². The summed E-state index contributed by atoms with van der Waals surface area (Å²) in [5.41, 5.74) is 6.14. The van der Waals surface area contributed by atoms with E-state index < -0.39 is 6.10 Å². The lowest BCUT2D eigenvalue weighted by Crippen LogP contribution is -2.10. The lowest BCUT2D eigenvalue weighted by molar-refractivity contribution is 0.186. The van der Waals surface area contributed by atoms with Crippen LogP contribution in [0.5, 0.6) is 0 Å². The normalized spacial score (nSPS) is 13.4. The highest BCUT2D eigenvalue weighted by Crippen LogP contribution is 2.24. The molecule has 2 heterocycles. The maximum Gasteiger partial charge on any atom is 0.124 e. The van der Waals surface area contributed by atoms with Gasteiger partial charge >= 0.3 is 0 Å². The molecule has 0 aliphatic carbocycles. The molecule has 1 atom stereocenters. The number of pyridine rings is 1. The molecule has 2 aromatic rings. The number of fused-ring (bicyclic) bond motifs is 1. The summed E-state index contributed by atoms with van der Waals surface area (Å²) in [4.78, 5) is 8.15. The quantitative estimate of drug-likeness (QED) is 0.739. The van der Waals surface area contributed by atoms with Gasteiger partial charge in [0.1, 0.15) is 11.1 Å². The van der Waals surface area contributed by atoms with E-state index in [1.807, 2.05) is 6.07 Å². The SMILES string of the molecule is NCC(O)c1nc2cnccc2s1. The monoisotopic (exact) mass is 195 g/mol.